The monoisotopic (exact) mass is 299 g/mol. The molecule has 0 heterocycles. The van der Waals surface area contributed by atoms with Crippen molar-refractivity contribution in [3.8, 4) is 0 Å². The number of halogens is 1. The molecule has 0 spiro atoms. The number of sulfone groups is 1. The van der Waals surface area contributed by atoms with Gasteiger partial charge in [0.15, 0.2) is 9.84 Å². The number of allylic oxidation sites excluding steroid dienone is 2. The van der Waals surface area contributed by atoms with Crippen LogP contribution in [0.25, 0.3) is 0 Å². The molecular weight excluding hydrogens is 286 g/mol. The lowest BCUT2D eigenvalue weighted by atomic mass is 10.1. The topological polar surface area (TPSA) is 63.2 Å². The molecule has 1 N–H and O–H groups in total. The fraction of sp³-hybridized carbons (Fsp3) is 0.308. The highest BCUT2D eigenvalue weighted by atomic mass is 35.5. The van der Waals surface area contributed by atoms with Gasteiger partial charge in [0.2, 0.25) is 5.91 Å². The predicted octanol–water partition coefficient (Wildman–Crippen LogP) is 2.65. The molecule has 0 radical (unpaired) electrons. The number of hydrogen-bond acceptors (Lipinski definition) is 3. The van der Waals surface area contributed by atoms with Gasteiger partial charge in [0, 0.05) is 17.9 Å². The largest absolute Gasteiger partial charge is 0.326 e. The summed E-state index contributed by atoms with van der Waals surface area (Å²) in [6, 6.07) is 4.45. The van der Waals surface area contributed by atoms with Gasteiger partial charge in [-0.25, -0.2) is 8.42 Å². The van der Waals surface area contributed by atoms with E-state index in [2.05, 4.69) is 5.32 Å². The van der Waals surface area contributed by atoms with Gasteiger partial charge in [-0.1, -0.05) is 23.8 Å². The Hall–Kier alpha value is -1.33. The Balaban J connectivity index is 2.20. The Kier molecular flexibility index (Phi) is 3.96. The van der Waals surface area contributed by atoms with E-state index < -0.39 is 9.84 Å². The summed E-state index contributed by atoms with van der Waals surface area (Å²) < 4.78 is 23.1. The lowest BCUT2D eigenvalue weighted by Crippen LogP contribution is -2.20. The van der Waals surface area contributed by atoms with Gasteiger partial charge >= 0.3 is 0 Å². The second-order valence-electron chi connectivity index (χ2n) is 4.55. The molecule has 4 nitrogen and oxygen atoms in total. The first-order valence-electron chi connectivity index (χ1n) is 5.83. The van der Waals surface area contributed by atoms with E-state index in [1.165, 1.54) is 12.1 Å². The van der Waals surface area contributed by atoms with Crippen molar-refractivity contribution >= 4 is 33.0 Å². The van der Waals surface area contributed by atoms with Gasteiger partial charge in [0.25, 0.3) is 0 Å². The zero-order chi connectivity index (χ0) is 14.0. The number of carbonyl (C=O) groups is 1. The molecule has 1 aromatic rings. The first-order valence-corrected chi connectivity index (χ1v) is 8.10. The van der Waals surface area contributed by atoms with Crippen molar-refractivity contribution < 1.29 is 13.2 Å². The first-order chi connectivity index (χ1) is 8.88. The van der Waals surface area contributed by atoms with Crippen molar-refractivity contribution in [1.29, 1.82) is 0 Å². The number of amides is 1. The number of carbonyl (C=O) groups excluding carboxylic acids is 1. The highest BCUT2D eigenvalue weighted by molar-refractivity contribution is 7.90. The van der Waals surface area contributed by atoms with Gasteiger partial charge in [-0.3, -0.25) is 4.79 Å². The molecule has 2 rings (SSSR count). The minimum Gasteiger partial charge on any atom is -0.326 e. The smallest absolute Gasteiger partial charge is 0.228 e. The minimum atomic E-state index is -3.41. The lowest BCUT2D eigenvalue weighted by Gasteiger charge is -2.11. The van der Waals surface area contributed by atoms with Crippen molar-refractivity contribution in [2.24, 2.45) is 5.92 Å². The second kappa shape index (κ2) is 5.35. The van der Waals surface area contributed by atoms with Crippen molar-refractivity contribution in [2.75, 3.05) is 11.6 Å². The highest BCUT2D eigenvalue weighted by Gasteiger charge is 2.20. The molecule has 1 aliphatic carbocycles. The van der Waals surface area contributed by atoms with E-state index in [-0.39, 0.29) is 21.7 Å². The molecule has 0 atom stereocenters. The normalized spacial score (nSPS) is 15.7. The van der Waals surface area contributed by atoms with Crippen molar-refractivity contribution in [3.63, 3.8) is 0 Å². The first kappa shape index (κ1) is 14.1. The summed E-state index contributed by atoms with van der Waals surface area (Å²) in [5.74, 6) is -0.177. The maximum Gasteiger partial charge on any atom is 0.228 e. The highest BCUT2D eigenvalue weighted by Crippen LogP contribution is 2.26. The van der Waals surface area contributed by atoms with E-state index in [1.54, 1.807) is 6.07 Å². The SMILES string of the molecule is CS(=O)(=O)c1cc(NC(=O)C2CC=CC2)ccc1Cl. The molecule has 0 unspecified atom stereocenters. The molecule has 1 aromatic carbocycles. The van der Waals surface area contributed by atoms with Crippen LogP contribution in [0, 0.1) is 5.92 Å². The predicted molar refractivity (Wildman–Crippen MR) is 75.1 cm³/mol. The van der Waals surface area contributed by atoms with Crippen LogP contribution in [0.2, 0.25) is 5.02 Å². The minimum absolute atomic E-state index is 0.0245. The van der Waals surface area contributed by atoms with Crippen LogP contribution in [-0.4, -0.2) is 20.6 Å². The van der Waals surface area contributed by atoms with E-state index >= 15 is 0 Å². The maximum absolute atomic E-state index is 11.9. The third-order valence-corrected chi connectivity index (χ3v) is 4.56. The van der Waals surface area contributed by atoms with Gasteiger partial charge in [-0.2, -0.15) is 0 Å². The number of nitrogens with one attached hydrogen (secondary N) is 1. The average Bonchev–Trinajstić information content (AvgIpc) is 2.83. The van der Waals surface area contributed by atoms with Crippen molar-refractivity contribution in [3.05, 3.63) is 35.4 Å². The van der Waals surface area contributed by atoms with Crippen LogP contribution in [-0.2, 0) is 14.6 Å². The fourth-order valence-corrected chi connectivity index (χ4v) is 3.24. The van der Waals surface area contributed by atoms with E-state index in [9.17, 15) is 13.2 Å². The Morgan fingerprint density at radius 2 is 1.95 bits per heavy atom. The van der Waals surface area contributed by atoms with Crippen molar-refractivity contribution in [2.45, 2.75) is 17.7 Å². The summed E-state index contributed by atoms with van der Waals surface area (Å²) in [5, 5.41) is 2.88. The Bertz CT molecular complexity index is 629. The van der Waals surface area contributed by atoms with Crippen LogP contribution in [0.3, 0.4) is 0 Å². The van der Waals surface area contributed by atoms with Crippen LogP contribution in [0.15, 0.2) is 35.2 Å². The quantitative estimate of drug-likeness (QED) is 0.873. The third-order valence-electron chi connectivity index (χ3n) is 2.98. The maximum atomic E-state index is 11.9. The molecule has 0 bridgehead atoms. The summed E-state index contributed by atoms with van der Waals surface area (Å²) >= 11 is 5.84. The average molecular weight is 300 g/mol. The van der Waals surface area contributed by atoms with Gasteiger partial charge in [0.05, 0.1) is 9.92 Å². The van der Waals surface area contributed by atoms with Crippen LogP contribution < -0.4 is 5.32 Å². The molecule has 0 fully saturated rings. The van der Waals surface area contributed by atoms with Crippen LogP contribution in [0.4, 0.5) is 5.69 Å². The molecule has 19 heavy (non-hydrogen) atoms. The van der Waals surface area contributed by atoms with Crippen LogP contribution in [0.5, 0.6) is 0 Å². The molecule has 102 valence electrons. The van der Waals surface area contributed by atoms with Crippen LogP contribution >= 0.6 is 11.6 Å². The zero-order valence-corrected chi connectivity index (χ0v) is 12.0. The molecule has 0 saturated carbocycles. The molecule has 1 amide bonds. The fourth-order valence-electron chi connectivity index (χ4n) is 1.94. The molecule has 0 saturated heterocycles. The summed E-state index contributed by atoms with van der Waals surface area (Å²) in [6.45, 7) is 0. The molecule has 6 heteroatoms. The number of benzene rings is 1. The summed E-state index contributed by atoms with van der Waals surface area (Å²) in [5.41, 5.74) is 0.446. The second-order valence-corrected chi connectivity index (χ2v) is 6.94. The lowest BCUT2D eigenvalue weighted by molar-refractivity contribution is -0.119. The standard InChI is InChI=1S/C13H14ClNO3S/c1-19(17,18)12-8-10(6-7-11(12)14)15-13(16)9-4-2-3-5-9/h2-3,6-9H,4-5H2,1H3,(H,15,16). The van der Waals surface area contributed by atoms with E-state index in [0.29, 0.717) is 5.69 Å². The zero-order valence-electron chi connectivity index (χ0n) is 10.4. The molecule has 0 aliphatic heterocycles. The van der Waals surface area contributed by atoms with E-state index in [0.717, 1.165) is 19.1 Å². The summed E-state index contributed by atoms with van der Waals surface area (Å²) in [7, 11) is -3.41. The van der Waals surface area contributed by atoms with E-state index in [4.69, 9.17) is 11.6 Å². The molecule has 0 aromatic heterocycles. The third kappa shape index (κ3) is 3.36. The molecular formula is C13H14ClNO3S. The van der Waals surface area contributed by atoms with Gasteiger partial charge in [0.1, 0.15) is 0 Å². The Morgan fingerprint density at radius 3 is 2.53 bits per heavy atom. The Labute approximate surface area is 117 Å². The van der Waals surface area contributed by atoms with Crippen molar-refractivity contribution in [1.82, 2.24) is 0 Å². The van der Waals surface area contributed by atoms with Gasteiger partial charge < -0.3 is 5.32 Å². The number of hydrogen-bond donors (Lipinski definition) is 1. The van der Waals surface area contributed by atoms with Gasteiger partial charge in [-0.05, 0) is 31.0 Å². The summed E-state index contributed by atoms with van der Waals surface area (Å²) in [4.78, 5) is 12.0. The summed E-state index contributed by atoms with van der Waals surface area (Å²) in [6.07, 6.45) is 6.46. The number of rotatable bonds is 3. The van der Waals surface area contributed by atoms with E-state index in [1.807, 2.05) is 12.2 Å². The number of anilines is 1. The Morgan fingerprint density at radius 1 is 1.32 bits per heavy atom. The molecule has 1 aliphatic rings. The van der Waals surface area contributed by atoms with Gasteiger partial charge in [-0.15, -0.1) is 0 Å². The van der Waals surface area contributed by atoms with Crippen LogP contribution in [0.1, 0.15) is 12.8 Å².